The van der Waals surface area contributed by atoms with E-state index >= 15 is 0 Å². The molecular weight excluding hydrogens is 493 g/mol. The number of benzene rings is 2. The second kappa shape index (κ2) is 8.69. The van der Waals surface area contributed by atoms with Gasteiger partial charge in [-0.15, -0.1) is 0 Å². The van der Waals surface area contributed by atoms with E-state index in [9.17, 15) is 0 Å². The van der Waals surface area contributed by atoms with Crippen LogP contribution in [0, 0.1) is 3.57 Å². The van der Waals surface area contributed by atoms with Crippen molar-refractivity contribution in [1.82, 2.24) is 4.98 Å². The molecule has 1 aromatic heterocycles. The first-order valence-corrected chi connectivity index (χ1v) is 11.1. The number of hydrogen-bond donors (Lipinski definition) is 0. The number of para-hydroxylation sites is 1. The quantitative estimate of drug-likeness (QED) is 0.464. The normalized spacial score (nSPS) is 16.0. The van der Waals surface area contributed by atoms with E-state index in [-0.39, 0.29) is 0 Å². The number of nitrogens with zero attached hydrogens (tertiary/aromatic N) is 3. The number of fused-ring (bicyclic) bond motifs is 1. The zero-order valence-electron chi connectivity index (χ0n) is 16.5. The molecule has 3 aromatic rings. The zero-order valence-corrected chi connectivity index (χ0v) is 18.6. The van der Waals surface area contributed by atoms with Gasteiger partial charge < -0.3 is 24.0 Å². The molecule has 0 spiro atoms. The van der Waals surface area contributed by atoms with E-state index in [1.807, 2.05) is 30.3 Å². The summed E-state index contributed by atoms with van der Waals surface area (Å²) < 4.78 is 18.5. The van der Waals surface area contributed by atoms with E-state index in [1.54, 1.807) is 6.20 Å². The summed E-state index contributed by atoms with van der Waals surface area (Å²) in [6.07, 6.45) is 1.78. The van der Waals surface area contributed by atoms with Gasteiger partial charge >= 0.3 is 0 Å². The number of morpholine rings is 1. The number of halogens is 1. The Morgan fingerprint density at radius 2 is 1.77 bits per heavy atom. The Hall–Kier alpha value is -2.52. The second-order valence-corrected chi connectivity index (χ2v) is 8.30. The van der Waals surface area contributed by atoms with Crippen LogP contribution in [0.2, 0.25) is 0 Å². The summed E-state index contributed by atoms with van der Waals surface area (Å²) >= 11 is 2.31. The molecule has 2 aliphatic heterocycles. The summed E-state index contributed by atoms with van der Waals surface area (Å²) in [5.74, 6) is 3.33. The van der Waals surface area contributed by atoms with Crippen molar-refractivity contribution in [1.29, 1.82) is 0 Å². The maximum atomic E-state index is 6.08. The Morgan fingerprint density at radius 3 is 2.60 bits per heavy atom. The molecule has 2 aliphatic rings. The molecule has 7 heteroatoms. The molecule has 1 fully saturated rings. The van der Waals surface area contributed by atoms with Gasteiger partial charge in [-0.3, -0.25) is 0 Å². The van der Waals surface area contributed by atoms with E-state index in [1.165, 1.54) is 0 Å². The van der Waals surface area contributed by atoms with Gasteiger partial charge in [0.25, 0.3) is 0 Å². The van der Waals surface area contributed by atoms with Crippen LogP contribution in [0.1, 0.15) is 0 Å². The van der Waals surface area contributed by atoms with Gasteiger partial charge in [-0.25, -0.2) is 4.98 Å². The highest BCUT2D eigenvalue weighted by molar-refractivity contribution is 14.1. The van der Waals surface area contributed by atoms with Crippen molar-refractivity contribution in [2.45, 2.75) is 0 Å². The van der Waals surface area contributed by atoms with Gasteiger partial charge in [0.15, 0.2) is 5.75 Å². The third-order valence-electron chi connectivity index (χ3n) is 5.23. The van der Waals surface area contributed by atoms with E-state index in [2.05, 4.69) is 61.6 Å². The molecule has 0 amide bonds. The van der Waals surface area contributed by atoms with Gasteiger partial charge in [0.1, 0.15) is 23.9 Å². The summed E-state index contributed by atoms with van der Waals surface area (Å²) in [5.41, 5.74) is 2.20. The molecule has 0 bridgehead atoms. The number of pyridine rings is 1. The topological polar surface area (TPSA) is 47.1 Å². The van der Waals surface area contributed by atoms with Crippen molar-refractivity contribution in [3.8, 4) is 17.2 Å². The minimum Gasteiger partial charge on any atom is -0.488 e. The van der Waals surface area contributed by atoms with Crippen molar-refractivity contribution in [2.75, 3.05) is 49.3 Å². The molecule has 154 valence electrons. The first-order chi connectivity index (χ1) is 14.8. The lowest BCUT2D eigenvalue weighted by Gasteiger charge is -2.31. The highest BCUT2D eigenvalue weighted by atomic mass is 127. The van der Waals surface area contributed by atoms with Crippen LogP contribution >= 0.6 is 22.6 Å². The predicted octanol–water partition coefficient (Wildman–Crippen LogP) is 4.85. The first kappa shape index (κ1) is 19.4. The molecule has 6 nitrogen and oxygen atoms in total. The van der Waals surface area contributed by atoms with Crippen molar-refractivity contribution in [2.24, 2.45) is 0 Å². The molecule has 5 rings (SSSR count). The van der Waals surface area contributed by atoms with Crippen LogP contribution < -0.4 is 19.3 Å². The lowest BCUT2D eigenvalue weighted by Crippen LogP contribution is -2.36. The van der Waals surface area contributed by atoms with E-state index in [4.69, 9.17) is 14.2 Å². The monoisotopic (exact) mass is 515 g/mol. The number of aromatic nitrogens is 1. The van der Waals surface area contributed by atoms with Gasteiger partial charge in [-0.2, -0.15) is 0 Å². The molecule has 0 unspecified atom stereocenters. The molecule has 3 heterocycles. The molecule has 30 heavy (non-hydrogen) atoms. The van der Waals surface area contributed by atoms with Gasteiger partial charge in [0.2, 0.25) is 0 Å². The summed E-state index contributed by atoms with van der Waals surface area (Å²) in [7, 11) is 0. The minimum atomic E-state index is 0.640. The molecule has 0 saturated carbocycles. The zero-order chi connectivity index (χ0) is 20.3. The maximum Gasteiger partial charge on any atom is 0.156 e. The molecule has 1 saturated heterocycles. The van der Waals surface area contributed by atoms with Gasteiger partial charge in [0, 0.05) is 24.8 Å². The average Bonchev–Trinajstić information content (AvgIpc) is 2.80. The summed E-state index contributed by atoms with van der Waals surface area (Å²) in [6.45, 7) is 4.74. The molecular formula is C23H22IN3O3. The summed E-state index contributed by atoms with van der Waals surface area (Å²) in [4.78, 5) is 9.15. The van der Waals surface area contributed by atoms with Gasteiger partial charge in [-0.1, -0.05) is 12.1 Å². The molecule has 2 aromatic carbocycles. The SMILES string of the molecule is Ic1cccc2c1OCCN2c1ccc(Oc2cccc(N3CCOCC3)c2)cn1. The Labute approximate surface area is 189 Å². The minimum absolute atomic E-state index is 0.640. The summed E-state index contributed by atoms with van der Waals surface area (Å²) in [5, 5.41) is 0. The Balaban J connectivity index is 1.33. The van der Waals surface area contributed by atoms with E-state index in [0.717, 1.165) is 65.1 Å². The lowest BCUT2D eigenvalue weighted by atomic mass is 10.2. The second-order valence-electron chi connectivity index (χ2n) is 7.14. The number of ether oxygens (including phenoxy) is 3. The Bertz CT molecular complexity index is 1020. The van der Waals surface area contributed by atoms with Crippen LogP contribution in [0.3, 0.4) is 0 Å². The van der Waals surface area contributed by atoms with Crippen LogP contribution in [0.4, 0.5) is 17.2 Å². The Kier molecular flexibility index (Phi) is 5.63. The predicted molar refractivity (Wildman–Crippen MR) is 125 cm³/mol. The fourth-order valence-electron chi connectivity index (χ4n) is 3.74. The largest absolute Gasteiger partial charge is 0.488 e. The highest BCUT2D eigenvalue weighted by Crippen LogP contribution is 2.39. The molecule has 0 atom stereocenters. The first-order valence-electron chi connectivity index (χ1n) is 10.0. The van der Waals surface area contributed by atoms with Crippen molar-refractivity contribution in [3.63, 3.8) is 0 Å². The van der Waals surface area contributed by atoms with Crippen molar-refractivity contribution < 1.29 is 14.2 Å². The van der Waals surface area contributed by atoms with E-state index < -0.39 is 0 Å². The third-order valence-corrected chi connectivity index (χ3v) is 6.07. The number of anilines is 3. The van der Waals surface area contributed by atoms with Crippen LogP contribution in [0.5, 0.6) is 17.2 Å². The fourth-order valence-corrected chi connectivity index (χ4v) is 4.38. The van der Waals surface area contributed by atoms with Crippen LogP contribution in [-0.4, -0.2) is 44.4 Å². The van der Waals surface area contributed by atoms with Crippen molar-refractivity contribution >= 4 is 39.8 Å². The molecule has 0 N–H and O–H groups in total. The maximum absolute atomic E-state index is 6.08. The van der Waals surface area contributed by atoms with Crippen LogP contribution in [0.25, 0.3) is 0 Å². The van der Waals surface area contributed by atoms with Crippen molar-refractivity contribution in [3.05, 3.63) is 64.4 Å². The lowest BCUT2D eigenvalue weighted by molar-refractivity contribution is 0.122. The smallest absolute Gasteiger partial charge is 0.156 e. The summed E-state index contributed by atoms with van der Waals surface area (Å²) in [6, 6.07) is 18.3. The van der Waals surface area contributed by atoms with Gasteiger partial charge in [-0.05, 0) is 59.0 Å². The highest BCUT2D eigenvalue weighted by Gasteiger charge is 2.22. The Morgan fingerprint density at radius 1 is 0.900 bits per heavy atom. The van der Waals surface area contributed by atoms with Crippen LogP contribution in [0.15, 0.2) is 60.8 Å². The van der Waals surface area contributed by atoms with E-state index in [0.29, 0.717) is 12.4 Å². The standard InChI is InChI=1S/C23H22IN3O3/c24-20-5-2-6-21-23(20)29-14-11-27(21)22-8-7-19(16-25-22)30-18-4-1-3-17(15-18)26-9-12-28-13-10-26/h1-8,15-16H,9-14H2. The third kappa shape index (κ3) is 4.04. The molecule has 0 radical (unpaired) electrons. The average molecular weight is 515 g/mol. The number of rotatable bonds is 4. The number of hydrogen-bond acceptors (Lipinski definition) is 6. The fraction of sp³-hybridized carbons (Fsp3) is 0.261. The molecule has 0 aliphatic carbocycles. The van der Waals surface area contributed by atoms with Crippen LogP contribution in [-0.2, 0) is 4.74 Å². The van der Waals surface area contributed by atoms with Gasteiger partial charge in [0.05, 0.1) is 35.2 Å².